The summed E-state index contributed by atoms with van der Waals surface area (Å²) in [6.45, 7) is 0.778. The topological polar surface area (TPSA) is 106 Å². The average molecular weight is 423 g/mol. The molecule has 1 N–H and O–H groups in total. The van der Waals surface area contributed by atoms with Crippen molar-refractivity contribution in [1.82, 2.24) is 14.9 Å². The minimum Gasteiger partial charge on any atom is -0.481 e. The van der Waals surface area contributed by atoms with E-state index < -0.39 is 5.97 Å². The van der Waals surface area contributed by atoms with Gasteiger partial charge in [-0.25, -0.2) is 4.98 Å². The molecule has 3 heterocycles. The van der Waals surface area contributed by atoms with Crippen molar-refractivity contribution in [3.05, 3.63) is 66.2 Å². The van der Waals surface area contributed by atoms with Crippen LogP contribution in [0.25, 0.3) is 11.5 Å². The van der Waals surface area contributed by atoms with Gasteiger partial charge >= 0.3 is 5.97 Å². The van der Waals surface area contributed by atoms with Crippen LogP contribution in [-0.4, -0.2) is 45.5 Å². The highest BCUT2D eigenvalue weighted by Crippen LogP contribution is 2.20. The Morgan fingerprint density at radius 2 is 1.97 bits per heavy atom. The van der Waals surface area contributed by atoms with E-state index in [0.717, 1.165) is 18.4 Å². The maximum absolute atomic E-state index is 12.8. The molecule has 8 heteroatoms. The van der Waals surface area contributed by atoms with Gasteiger partial charge in [0.1, 0.15) is 5.69 Å². The Labute approximate surface area is 180 Å². The van der Waals surface area contributed by atoms with Crippen LogP contribution in [0.3, 0.4) is 0 Å². The smallest absolute Gasteiger partial charge is 0.303 e. The quantitative estimate of drug-likeness (QED) is 0.464. The number of nitrogens with zero attached hydrogens (tertiary/aromatic N) is 3. The molecule has 0 unspecified atom stereocenters. The molecule has 3 rings (SSSR count). The van der Waals surface area contributed by atoms with Crippen molar-refractivity contribution in [3.8, 4) is 17.3 Å². The molecule has 162 valence electrons. The fourth-order valence-corrected chi connectivity index (χ4v) is 3.04. The third-order valence-electron chi connectivity index (χ3n) is 4.66. The van der Waals surface area contributed by atoms with Crippen LogP contribution in [0.15, 0.2) is 59.5 Å². The number of aliphatic carboxylic acids is 1. The molecular formula is C23H25N3O5. The molecule has 3 aromatic heterocycles. The lowest BCUT2D eigenvalue weighted by Gasteiger charge is -2.19. The zero-order valence-electron chi connectivity index (χ0n) is 17.4. The highest BCUT2D eigenvalue weighted by atomic mass is 16.5. The first kappa shape index (κ1) is 22.0. The molecule has 0 saturated heterocycles. The van der Waals surface area contributed by atoms with Crippen LogP contribution in [0.4, 0.5) is 0 Å². The second kappa shape index (κ2) is 10.9. The van der Waals surface area contributed by atoms with Crippen molar-refractivity contribution in [1.29, 1.82) is 0 Å². The molecule has 0 aromatic carbocycles. The number of carbonyl (C=O) groups is 2. The highest BCUT2D eigenvalue weighted by molar-refractivity contribution is 5.94. The van der Waals surface area contributed by atoms with Crippen molar-refractivity contribution < 1.29 is 23.8 Å². The number of hydrogen-bond donors (Lipinski definition) is 1. The Hall–Kier alpha value is -3.68. The molecule has 0 aliphatic rings. The van der Waals surface area contributed by atoms with Crippen molar-refractivity contribution in [2.45, 2.75) is 32.2 Å². The molecule has 0 radical (unpaired) electrons. The van der Waals surface area contributed by atoms with Gasteiger partial charge in [0.25, 0.3) is 5.91 Å². The third kappa shape index (κ3) is 6.40. The fraction of sp³-hybridized carbons (Fsp3) is 0.304. The van der Waals surface area contributed by atoms with Crippen LogP contribution in [0.1, 0.15) is 41.6 Å². The van der Waals surface area contributed by atoms with Crippen LogP contribution in [0.5, 0.6) is 5.88 Å². The molecule has 0 bridgehead atoms. The number of unbranched alkanes of at least 4 members (excludes halogenated alkanes) is 2. The van der Waals surface area contributed by atoms with E-state index in [9.17, 15) is 9.59 Å². The zero-order valence-corrected chi connectivity index (χ0v) is 17.4. The number of amides is 1. The number of pyridine rings is 2. The summed E-state index contributed by atoms with van der Waals surface area (Å²) >= 11 is 0. The number of carboxylic acid groups (broad SMARTS) is 1. The normalized spacial score (nSPS) is 10.6. The molecule has 31 heavy (non-hydrogen) atoms. The second-order valence-electron chi connectivity index (χ2n) is 7.09. The van der Waals surface area contributed by atoms with Gasteiger partial charge < -0.3 is 19.2 Å². The van der Waals surface area contributed by atoms with Crippen LogP contribution in [-0.2, 0) is 11.3 Å². The Morgan fingerprint density at radius 1 is 1.10 bits per heavy atom. The Kier molecular flexibility index (Phi) is 7.75. The molecular weight excluding hydrogens is 398 g/mol. The number of carbonyl (C=O) groups excluding carboxylic acids is 1. The van der Waals surface area contributed by atoms with E-state index in [4.69, 9.17) is 14.3 Å². The SMILES string of the molecule is CN(Cc1cccnc1OCCCCCC(=O)O)C(=O)c1ccc(-c2ccco2)nc1. The summed E-state index contributed by atoms with van der Waals surface area (Å²) < 4.78 is 11.1. The zero-order chi connectivity index (χ0) is 22.1. The molecule has 1 amide bonds. The standard InChI is InChI=1S/C23H25N3O5/c1-26(23(29)17-10-11-19(25-15-17)20-8-6-14-30-20)16-18-7-5-12-24-22(18)31-13-4-2-3-9-21(27)28/h5-8,10-12,14-15H,2-4,9,13,16H2,1H3,(H,27,28). The Balaban J connectivity index is 1.55. The van der Waals surface area contributed by atoms with Gasteiger partial charge in [-0.1, -0.05) is 6.07 Å². The Morgan fingerprint density at radius 3 is 2.68 bits per heavy atom. The predicted octanol–water partition coefficient (Wildman–Crippen LogP) is 4.03. The first-order chi connectivity index (χ1) is 15.0. The Bertz CT molecular complexity index is 987. The fourth-order valence-electron chi connectivity index (χ4n) is 3.04. The van der Waals surface area contributed by atoms with Crippen LogP contribution >= 0.6 is 0 Å². The summed E-state index contributed by atoms with van der Waals surface area (Å²) in [6, 6.07) is 10.7. The largest absolute Gasteiger partial charge is 0.481 e. The van der Waals surface area contributed by atoms with Gasteiger partial charge in [0.15, 0.2) is 5.76 Å². The maximum Gasteiger partial charge on any atom is 0.303 e. The highest BCUT2D eigenvalue weighted by Gasteiger charge is 2.16. The van der Waals surface area contributed by atoms with Crippen molar-refractivity contribution in [3.63, 3.8) is 0 Å². The van der Waals surface area contributed by atoms with Crippen molar-refractivity contribution in [2.24, 2.45) is 0 Å². The molecule has 0 spiro atoms. The first-order valence-corrected chi connectivity index (χ1v) is 10.1. The average Bonchev–Trinajstić information content (AvgIpc) is 3.31. The molecule has 0 atom stereocenters. The summed E-state index contributed by atoms with van der Waals surface area (Å²) in [4.78, 5) is 33.5. The minimum absolute atomic E-state index is 0.165. The monoisotopic (exact) mass is 423 g/mol. The van der Waals surface area contributed by atoms with Gasteiger partial charge in [0.05, 0.1) is 25.0 Å². The lowest BCUT2D eigenvalue weighted by molar-refractivity contribution is -0.137. The lowest BCUT2D eigenvalue weighted by atomic mass is 10.2. The summed E-state index contributed by atoms with van der Waals surface area (Å²) in [6.07, 6.45) is 7.06. The third-order valence-corrected chi connectivity index (χ3v) is 4.66. The molecule has 0 aliphatic heterocycles. The van der Waals surface area contributed by atoms with Gasteiger partial charge in [0, 0.05) is 31.4 Å². The van der Waals surface area contributed by atoms with E-state index in [1.807, 2.05) is 12.1 Å². The lowest BCUT2D eigenvalue weighted by Crippen LogP contribution is -2.26. The number of hydrogen-bond acceptors (Lipinski definition) is 6. The number of rotatable bonds is 11. The van der Waals surface area contributed by atoms with Gasteiger partial charge in [-0.15, -0.1) is 0 Å². The second-order valence-corrected chi connectivity index (χ2v) is 7.09. The molecule has 0 aliphatic carbocycles. The summed E-state index contributed by atoms with van der Waals surface area (Å²) in [5, 5.41) is 8.67. The molecule has 3 aromatic rings. The summed E-state index contributed by atoms with van der Waals surface area (Å²) in [5.41, 5.74) is 1.93. The molecule has 8 nitrogen and oxygen atoms in total. The number of carboxylic acids is 1. The van der Waals surface area contributed by atoms with E-state index in [0.29, 0.717) is 42.5 Å². The molecule has 0 saturated carbocycles. The number of aromatic nitrogens is 2. The predicted molar refractivity (Wildman–Crippen MR) is 114 cm³/mol. The van der Waals surface area contributed by atoms with Crippen LogP contribution in [0.2, 0.25) is 0 Å². The van der Waals surface area contributed by atoms with Gasteiger partial charge in [-0.3, -0.25) is 14.6 Å². The molecule has 0 fully saturated rings. The van der Waals surface area contributed by atoms with E-state index in [1.165, 1.54) is 6.20 Å². The van der Waals surface area contributed by atoms with Crippen molar-refractivity contribution in [2.75, 3.05) is 13.7 Å². The van der Waals surface area contributed by atoms with Gasteiger partial charge in [-0.05, 0) is 49.6 Å². The van der Waals surface area contributed by atoms with Gasteiger partial charge in [0.2, 0.25) is 5.88 Å². The first-order valence-electron chi connectivity index (χ1n) is 10.1. The van der Waals surface area contributed by atoms with E-state index in [-0.39, 0.29) is 12.3 Å². The van der Waals surface area contributed by atoms with E-state index >= 15 is 0 Å². The van der Waals surface area contributed by atoms with Crippen LogP contribution in [0, 0.1) is 0 Å². The van der Waals surface area contributed by atoms with Gasteiger partial charge in [-0.2, -0.15) is 0 Å². The van der Waals surface area contributed by atoms with E-state index in [1.54, 1.807) is 48.7 Å². The van der Waals surface area contributed by atoms with E-state index in [2.05, 4.69) is 9.97 Å². The number of furan rings is 1. The van der Waals surface area contributed by atoms with Crippen molar-refractivity contribution >= 4 is 11.9 Å². The minimum atomic E-state index is -0.786. The number of ether oxygens (including phenoxy) is 1. The summed E-state index contributed by atoms with van der Waals surface area (Å²) in [7, 11) is 1.71. The van der Waals surface area contributed by atoms with Crippen LogP contribution < -0.4 is 4.74 Å². The maximum atomic E-state index is 12.8. The summed E-state index contributed by atoms with van der Waals surface area (Å²) in [5.74, 6) is 0.174.